The van der Waals surface area contributed by atoms with Gasteiger partial charge >= 0.3 is 0 Å². The molecular weight excluding hydrogens is 138 g/mol. The molecule has 0 radical (unpaired) electrons. The van der Waals surface area contributed by atoms with E-state index in [1.54, 1.807) is 0 Å². The highest BCUT2D eigenvalue weighted by Crippen LogP contribution is 2.10. The molecule has 4 heteroatoms. The van der Waals surface area contributed by atoms with Gasteiger partial charge in [-0.1, -0.05) is 24.0 Å². The van der Waals surface area contributed by atoms with Crippen molar-refractivity contribution in [3.63, 3.8) is 0 Å². The SMILES string of the molecule is FC(F)SCC=S. The molecule has 0 N–H and O–H groups in total. The summed E-state index contributed by atoms with van der Waals surface area (Å²) in [5.74, 6) is -2.02. The van der Waals surface area contributed by atoms with E-state index in [1.807, 2.05) is 0 Å². The second kappa shape index (κ2) is 4.46. The van der Waals surface area contributed by atoms with Gasteiger partial charge in [0.25, 0.3) is 5.76 Å². The molecule has 0 aliphatic heterocycles. The number of thioether (sulfide) groups is 1. The summed E-state index contributed by atoms with van der Waals surface area (Å²) >= 11 is 4.83. The zero-order valence-electron chi connectivity index (χ0n) is 3.43. The Morgan fingerprint density at radius 3 is 2.43 bits per heavy atom. The number of alkyl halides is 2. The van der Waals surface area contributed by atoms with Crippen molar-refractivity contribution in [1.29, 1.82) is 0 Å². The Kier molecular flexibility index (Phi) is 4.65. The van der Waals surface area contributed by atoms with Crippen molar-refractivity contribution in [3.8, 4) is 0 Å². The van der Waals surface area contributed by atoms with Gasteiger partial charge in [-0.05, 0) is 5.37 Å². The average Bonchev–Trinajstić information content (AvgIpc) is 1.61. The van der Waals surface area contributed by atoms with Crippen LogP contribution in [0.15, 0.2) is 0 Å². The first-order valence-corrected chi connectivity index (χ1v) is 3.12. The maximum absolute atomic E-state index is 11.1. The summed E-state index contributed by atoms with van der Waals surface area (Å²) in [6.45, 7) is 0. The standard InChI is InChI=1S/C3H4F2S2/c4-3(5)7-2-1-6/h1,3H,2H2. The van der Waals surface area contributed by atoms with Crippen LogP contribution in [0, 0.1) is 0 Å². The van der Waals surface area contributed by atoms with E-state index in [4.69, 9.17) is 0 Å². The topological polar surface area (TPSA) is 0 Å². The molecule has 0 spiro atoms. The Bertz CT molecular complexity index is 54.9. The van der Waals surface area contributed by atoms with Crippen molar-refractivity contribution >= 4 is 29.3 Å². The van der Waals surface area contributed by atoms with Crippen molar-refractivity contribution in [3.05, 3.63) is 0 Å². The van der Waals surface area contributed by atoms with Crippen LogP contribution in [-0.2, 0) is 0 Å². The normalized spacial score (nSPS) is 9.57. The molecule has 7 heavy (non-hydrogen) atoms. The van der Waals surface area contributed by atoms with Crippen LogP contribution in [-0.4, -0.2) is 16.9 Å². The van der Waals surface area contributed by atoms with Gasteiger partial charge in [-0.25, -0.2) is 0 Å². The molecule has 0 aromatic heterocycles. The maximum atomic E-state index is 11.1. The lowest BCUT2D eigenvalue weighted by Gasteiger charge is -1.88. The van der Waals surface area contributed by atoms with E-state index in [0.717, 1.165) is 0 Å². The lowest BCUT2D eigenvalue weighted by atomic mass is 11.0. The Morgan fingerprint density at radius 2 is 2.29 bits per heavy atom. The lowest BCUT2D eigenvalue weighted by Crippen LogP contribution is -1.83. The van der Waals surface area contributed by atoms with Crippen molar-refractivity contribution in [2.45, 2.75) is 5.76 Å². The average molecular weight is 142 g/mol. The third-order valence-corrected chi connectivity index (χ3v) is 1.28. The first kappa shape index (κ1) is 7.30. The second-order valence-corrected chi connectivity index (χ2v) is 2.12. The minimum Gasteiger partial charge on any atom is -0.198 e. The number of hydrogen-bond acceptors (Lipinski definition) is 2. The van der Waals surface area contributed by atoms with Gasteiger partial charge in [-0.15, -0.1) is 0 Å². The van der Waals surface area contributed by atoms with E-state index >= 15 is 0 Å². The highest BCUT2D eigenvalue weighted by molar-refractivity contribution is 8.01. The van der Waals surface area contributed by atoms with Gasteiger partial charge in [0.1, 0.15) is 0 Å². The van der Waals surface area contributed by atoms with Crippen LogP contribution in [0.3, 0.4) is 0 Å². The smallest absolute Gasteiger partial charge is 0.198 e. The van der Waals surface area contributed by atoms with E-state index < -0.39 is 5.76 Å². The molecular formula is C3H4F2S2. The molecule has 0 bridgehead atoms. The van der Waals surface area contributed by atoms with Crippen LogP contribution < -0.4 is 0 Å². The molecule has 0 aromatic carbocycles. The van der Waals surface area contributed by atoms with E-state index in [-0.39, 0.29) is 5.75 Å². The molecule has 0 amide bonds. The molecule has 0 aliphatic carbocycles. The predicted molar refractivity (Wildman–Crippen MR) is 32.1 cm³/mol. The Balaban J connectivity index is 2.81. The Labute approximate surface area is 50.3 Å². The summed E-state index contributed by atoms with van der Waals surface area (Å²) in [5.41, 5.74) is 0. The summed E-state index contributed by atoms with van der Waals surface area (Å²) in [6, 6.07) is 0. The molecule has 0 aliphatic rings. The van der Waals surface area contributed by atoms with Gasteiger partial charge in [0.05, 0.1) is 0 Å². The van der Waals surface area contributed by atoms with Crippen LogP contribution in [0.5, 0.6) is 0 Å². The summed E-state index contributed by atoms with van der Waals surface area (Å²) in [4.78, 5) is 0. The van der Waals surface area contributed by atoms with Crippen LogP contribution >= 0.6 is 24.0 Å². The Morgan fingerprint density at radius 1 is 1.71 bits per heavy atom. The molecule has 0 unspecified atom stereocenters. The molecule has 42 valence electrons. The van der Waals surface area contributed by atoms with Crippen molar-refractivity contribution in [1.82, 2.24) is 0 Å². The highest BCUT2D eigenvalue weighted by atomic mass is 32.2. The monoisotopic (exact) mass is 142 g/mol. The van der Waals surface area contributed by atoms with Gasteiger partial charge in [0.2, 0.25) is 0 Å². The summed E-state index contributed by atoms with van der Waals surface area (Å²) in [6.07, 6.45) is 0. The fraction of sp³-hybridized carbons (Fsp3) is 0.667. The summed E-state index contributed by atoms with van der Waals surface area (Å²) in [5, 5.41) is 1.29. The third kappa shape index (κ3) is 6.30. The third-order valence-electron chi connectivity index (χ3n) is 0.290. The number of hydrogen-bond donors (Lipinski definition) is 0. The van der Waals surface area contributed by atoms with Crippen LogP contribution in [0.1, 0.15) is 0 Å². The van der Waals surface area contributed by atoms with Gasteiger partial charge in [-0.2, -0.15) is 8.78 Å². The zero-order valence-corrected chi connectivity index (χ0v) is 5.07. The van der Waals surface area contributed by atoms with Crippen LogP contribution in [0.2, 0.25) is 0 Å². The van der Waals surface area contributed by atoms with Crippen LogP contribution in [0.25, 0.3) is 0 Å². The van der Waals surface area contributed by atoms with E-state index in [2.05, 4.69) is 12.2 Å². The molecule has 0 aromatic rings. The number of rotatable bonds is 3. The zero-order chi connectivity index (χ0) is 5.70. The van der Waals surface area contributed by atoms with Crippen LogP contribution in [0.4, 0.5) is 8.78 Å². The molecule has 0 saturated heterocycles. The predicted octanol–water partition coefficient (Wildman–Crippen LogP) is 1.94. The first-order valence-electron chi connectivity index (χ1n) is 1.60. The fourth-order valence-electron chi connectivity index (χ4n) is 0.112. The van der Waals surface area contributed by atoms with Gasteiger partial charge in [0, 0.05) is 5.75 Å². The highest BCUT2D eigenvalue weighted by Gasteiger charge is 1.97. The molecule has 0 nitrogen and oxygen atoms in total. The molecule has 0 atom stereocenters. The molecule has 0 fully saturated rings. The lowest BCUT2D eigenvalue weighted by molar-refractivity contribution is 0.252. The Hall–Kier alpha value is 0.300. The fourth-order valence-corrected chi connectivity index (χ4v) is 0.572. The number of thiocarbonyl (C=S) groups is 1. The van der Waals surface area contributed by atoms with E-state index in [9.17, 15) is 8.78 Å². The van der Waals surface area contributed by atoms with Crippen molar-refractivity contribution in [2.24, 2.45) is 0 Å². The van der Waals surface area contributed by atoms with Gasteiger partial charge in [0.15, 0.2) is 0 Å². The summed E-state index contributed by atoms with van der Waals surface area (Å²) < 4.78 is 22.2. The van der Waals surface area contributed by atoms with E-state index in [1.165, 1.54) is 5.37 Å². The minimum absolute atomic E-state index is 0.257. The minimum atomic E-state index is -2.28. The molecule has 0 heterocycles. The summed E-state index contributed by atoms with van der Waals surface area (Å²) in [7, 11) is 0. The first-order chi connectivity index (χ1) is 3.27. The largest absolute Gasteiger partial charge is 0.284 e. The second-order valence-electron chi connectivity index (χ2n) is 0.761. The van der Waals surface area contributed by atoms with Crippen molar-refractivity contribution < 1.29 is 8.78 Å². The number of halogens is 2. The maximum Gasteiger partial charge on any atom is 0.284 e. The molecule has 0 rings (SSSR count). The quantitative estimate of drug-likeness (QED) is 0.552. The van der Waals surface area contributed by atoms with Gasteiger partial charge in [-0.3, -0.25) is 0 Å². The van der Waals surface area contributed by atoms with E-state index in [0.29, 0.717) is 11.8 Å². The molecule has 0 saturated carbocycles. The van der Waals surface area contributed by atoms with Crippen molar-refractivity contribution in [2.75, 3.05) is 5.75 Å². The van der Waals surface area contributed by atoms with Gasteiger partial charge < -0.3 is 0 Å².